The number of H-pyrrole nitrogens is 1. The summed E-state index contributed by atoms with van der Waals surface area (Å²) in [5.41, 5.74) is 1.45. The summed E-state index contributed by atoms with van der Waals surface area (Å²) in [7, 11) is 0. The number of rotatable bonds is 5. The number of aryl methyl sites for hydroxylation is 2. The van der Waals surface area contributed by atoms with Crippen LogP contribution in [0.25, 0.3) is 0 Å². The van der Waals surface area contributed by atoms with Gasteiger partial charge >= 0.3 is 5.97 Å². The molecule has 1 aromatic heterocycles. The van der Waals surface area contributed by atoms with Gasteiger partial charge in [0.2, 0.25) is 0 Å². The summed E-state index contributed by atoms with van der Waals surface area (Å²) in [5, 5.41) is 9.30. The molecule has 0 amide bonds. The van der Waals surface area contributed by atoms with Gasteiger partial charge in [0.1, 0.15) is 5.82 Å². The molecule has 5 heteroatoms. The van der Waals surface area contributed by atoms with Crippen LogP contribution < -0.4 is 0 Å². The normalized spacial score (nSPS) is 13.1. The number of hydrogen-bond donors (Lipinski definition) is 2. The van der Waals surface area contributed by atoms with Crippen LogP contribution in [0.15, 0.2) is 0 Å². The fraction of sp³-hybridized carbons (Fsp3) is 0.636. The predicted octanol–water partition coefficient (Wildman–Crippen LogP) is 1.49. The van der Waals surface area contributed by atoms with E-state index in [0.717, 1.165) is 11.5 Å². The average molecular weight is 225 g/mol. The van der Waals surface area contributed by atoms with E-state index in [0.29, 0.717) is 18.8 Å². The summed E-state index contributed by atoms with van der Waals surface area (Å²) in [4.78, 5) is 20.5. The van der Waals surface area contributed by atoms with Crippen molar-refractivity contribution in [2.24, 2.45) is 0 Å². The van der Waals surface area contributed by atoms with E-state index in [9.17, 15) is 9.90 Å². The number of aromatic amines is 1. The van der Waals surface area contributed by atoms with Gasteiger partial charge in [0.15, 0.2) is 6.04 Å². The van der Waals surface area contributed by atoms with Crippen molar-refractivity contribution < 1.29 is 9.90 Å². The van der Waals surface area contributed by atoms with E-state index < -0.39 is 12.0 Å². The minimum atomic E-state index is -0.849. The Bertz CT molecular complexity index is 369. The number of carboxylic acid groups (broad SMARTS) is 1. The zero-order valence-corrected chi connectivity index (χ0v) is 10.2. The lowest BCUT2D eigenvalue weighted by Crippen LogP contribution is -2.34. The third-order valence-electron chi connectivity index (χ3n) is 2.71. The fourth-order valence-electron chi connectivity index (χ4n) is 1.93. The first-order valence-corrected chi connectivity index (χ1v) is 5.51. The van der Waals surface area contributed by atoms with Crippen LogP contribution in [-0.4, -0.2) is 39.0 Å². The molecule has 0 fully saturated rings. The smallest absolute Gasteiger partial charge is 0.327 e. The molecule has 1 heterocycles. The number of likely N-dealkylation sites (N-methyl/N-ethyl adjacent to an activating group) is 1. The Balaban J connectivity index is 3.11. The molecule has 0 aromatic carbocycles. The molecular formula is C11H19N3O2. The maximum absolute atomic E-state index is 11.3. The first-order chi connectivity index (χ1) is 7.51. The zero-order chi connectivity index (χ0) is 12.3. The monoisotopic (exact) mass is 225 g/mol. The lowest BCUT2D eigenvalue weighted by Gasteiger charge is -2.25. The summed E-state index contributed by atoms with van der Waals surface area (Å²) in [6.45, 7) is 8.98. The molecule has 1 aromatic rings. The Hall–Kier alpha value is -1.36. The summed E-state index contributed by atoms with van der Waals surface area (Å²) in [6.07, 6.45) is 0. The van der Waals surface area contributed by atoms with Crippen LogP contribution in [0.3, 0.4) is 0 Å². The number of aliphatic carboxylic acids is 1. The van der Waals surface area contributed by atoms with Gasteiger partial charge in [-0.15, -0.1) is 0 Å². The van der Waals surface area contributed by atoms with Crippen molar-refractivity contribution in [3.05, 3.63) is 17.2 Å². The highest BCUT2D eigenvalue weighted by Gasteiger charge is 2.29. The highest BCUT2D eigenvalue weighted by molar-refractivity contribution is 5.75. The Labute approximate surface area is 95.5 Å². The van der Waals surface area contributed by atoms with Crippen molar-refractivity contribution in [3.8, 4) is 0 Å². The number of carboxylic acids is 1. The standard InChI is InChI=1S/C11H19N3O2/c1-5-14(6-2)10(11(15)16)9-7(3)12-8(4)13-9/h10H,5-6H2,1-4H3,(H,12,13)(H,15,16). The van der Waals surface area contributed by atoms with Gasteiger partial charge in [-0.2, -0.15) is 0 Å². The maximum atomic E-state index is 11.3. The van der Waals surface area contributed by atoms with Gasteiger partial charge in [-0.1, -0.05) is 13.8 Å². The van der Waals surface area contributed by atoms with Crippen molar-refractivity contribution in [1.29, 1.82) is 0 Å². The second-order valence-electron chi connectivity index (χ2n) is 3.79. The fourth-order valence-corrected chi connectivity index (χ4v) is 1.93. The quantitative estimate of drug-likeness (QED) is 0.796. The Kier molecular flexibility index (Phi) is 4.06. The third-order valence-corrected chi connectivity index (χ3v) is 2.71. The molecule has 0 aliphatic rings. The van der Waals surface area contributed by atoms with E-state index in [1.165, 1.54) is 0 Å². The summed E-state index contributed by atoms with van der Waals surface area (Å²) < 4.78 is 0. The number of carbonyl (C=O) groups is 1. The second-order valence-corrected chi connectivity index (χ2v) is 3.79. The Morgan fingerprint density at radius 2 is 2.00 bits per heavy atom. The molecule has 1 atom stereocenters. The van der Waals surface area contributed by atoms with Crippen LogP contribution >= 0.6 is 0 Å². The lowest BCUT2D eigenvalue weighted by atomic mass is 10.1. The molecule has 0 aliphatic carbocycles. The van der Waals surface area contributed by atoms with Gasteiger partial charge < -0.3 is 10.1 Å². The maximum Gasteiger partial charge on any atom is 0.327 e. The minimum Gasteiger partial charge on any atom is -0.480 e. The van der Waals surface area contributed by atoms with Crippen LogP contribution in [0, 0.1) is 13.8 Å². The molecule has 0 saturated heterocycles. The van der Waals surface area contributed by atoms with Crippen molar-refractivity contribution >= 4 is 5.97 Å². The summed E-state index contributed by atoms with van der Waals surface area (Å²) in [5.74, 6) is -0.0933. The molecule has 5 nitrogen and oxygen atoms in total. The molecule has 1 unspecified atom stereocenters. The largest absolute Gasteiger partial charge is 0.480 e. The molecule has 0 spiro atoms. The molecule has 1 rings (SSSR count). The van der Waals surface area contributed by atoms with Gasteiger partial charge in [-0.25, -0.2) is 4.98 Å². The minimum absolute atomic E-state index is 0.619. The van der Waals surface area contributed by atoms with E-state index in [1.54, 1.807) is 0 Å². The molecule has 90 valence electrons. The van der Waals surface area contributed by atoms with Crippen LogP contribution in [-0.2, 0) is 4.79 Å². The SMILES string of the molecule is CCN(CC)C(C(=O)O)c1nc(C)[nH]c1C. The molecule has 0 radical (unpaired) electrons. The van der Waals surface area contributed by atoms with Gasteiger partial charge in [-0.3, -0.25) is 9.69 Å². The predicted molar refractivity (Wildman–Crippen MR) is 61.4 cm³/mol. The van der Waals surface area contributed by atoms with Crippen molar-refractivity contribution in [3.63, 3.8) is 0 Å². The highest BCUT2D eigenvalue weighted by atomic mass is 16.4. The Morgan fingerprint density at radius 1 is 1.44 bits per heavy atom. The number of nitrogens with one attached hydrogen (secondary N) is 1. The summed E-state index contributed by atoms with van der Waals surface area (Å²) >= 11 is 0. The van der Waals surface area contributed by atoms with Crippen molar-refractivity contribution in [2.45, 2.75) is 33.7 Å². The number of nitrogens with zero attached hydrogens (tertiary/aromatic N) is 2. The van der Waals surface area contributed by atoms with Crippen LogP contribution in [0.2, 0.25) is 0 Å². The topological polar surface area (TPSA) is 69.2 Å². The zero-order valence-electron chi connectivity index (χ0n) is 10.2. The lowest BCUT2D eigenvalue weighted by molar-refractivity contribution is -0.143. The third kappa shape index (κ3) is 2.41. The van der Waals surface area contributed by atoms with Gasteiger partial charge in [0.25, 0.3) is 0 Å². The summed E-state index contributed by atoms with van der Waals surface area (Å²) in [6, 6.07) is -0.653. The molecule has 16 heavy (non-hydrogen) atoms. The van der Waals surface area contributed by atoms with E-state index in [1.807, 2.05) is 32.6 Å². The first-order valence-electron chi connectivity index (χ1n) is 5.51. The van der Waals surface area contributed by atoms with Crippen LogP contribution in [0.1, 0.15) is 37.1 Å². The van der Waals surface area contributed by atoms with Crippen molar-refractivity contribution in [1.82, 2.24) is 14.9 Å². The average Bonchev–Trinajstić information content (AvgIpc) is 2.53. The Morgan fingerprint density at radius 3 is 2.31 bits per heavy atom. The molecule has 0 saturated carbocycles. The van der Waals surface area contributed by atoms with E-state index in [2.05, 4.69) is 9.97 Å². The second kappa shape index (κ2) is 5.12. The molecule has 2 N–H and O–H groups in total. The number of imidazole rings is 1. The molecule has 0 aliphatic heterocycles. The van der Waals surface area contributed by atoms with Crippen molar-refractivity contribution in [2.75, 3.05) is 13.1 Å². The number of aromatic nitrogens is 2. The van der Waals surface area contributed by atoms with Crippen LogP contribution in [0.5, 0.6) is 0 Å². The highest BCUT2D eigenvalue weighted by Crippen LogP contribution is 2.22. The van der Waals surface area contributed by atoms with Gasteiger partial charge in [-0.05, 0) is 26.9 Å². The van der Waals surface area contributed by atoms with Gasteiger partial charge in [0.05, 0.1) is 5.69 Å². The molecule has 0 bridgehead atoms. The first kappa shape index (κ1) is 12.7. The van der Waals surface area contributed by atoms with E-state index in [-0.39, 0.29) is 0 Å². The van der Waals surface area contributed by atoms with Gasteiger partial charge in [0, 0.05) is 5.69 Å². The van der Waals surface area contributed by atoms with E-state index >= 15 is 0 Å². The number of hydrogen-bond acceptors (Lipinski definition) is 3. The van der Waals surface area contributed by atoms with E-state index in [4.69, 9.17) is 0 Å². The molecular weight excluding hydrogens is 206 g/mol. The van der Waals surface area contributed by atoms with Crippen LogP contribution in [0.4, 0.5) is 0 Å².